The molecule has 1 N–H and O–H groups in total. The van der Waals surface area contributed by atoms with Crippen LogP contribution in [0, 0.1) is 0 Å². The topological polar surface area (TPSA) is 84.9 Å². The van der Waals surface area contributed by atoms with Crippen molar-refractivity contribution in [2.75, 3.05) is 19.7 Å². The molecule has 0 spiro atoms. The molecule has 0 aliphatic heterocycles. The Balaban J connectivity index is 1.85. The molecule has 7 heteroatoms. The van der Waals surface area contributed by atoms with Gasteiger partial charge >= 0.3 is 12.1 Å². The molecule has 0 saturated heterocycles. The van der Waals surface area contributed by atoms with Crippen molar-refractivity contribution in [3.63, 3.8) is 0 Å². The number of carbonyl (C=O) groups is 3. The van der Waals surface area contributed by atoms with Gasteiger partial charge in [0.25, 0.3) is 0 Å². The minimum Gasteiger partial charge on any atom is -0.465 e. The van der Waals surface area contributed by atoms with Gasteiger partial charge in [-0.05, 0) is 25.3 Å². The number of nitrogens with one attached hydrogen (secondary N) is 1. The van der Waals surface area contributed by atoms with E-state index in [2.05, 4.69) is 5.32 Å². The maximum absolute atomic E-state index is 12.3. The molecule has 1 saturated carbocycles. The van der Waals surface area contributed by atoms with Crippen molar-refractivity contribution in [3.05, 3.63) is 35.9 Å². The molecule has 1 fully saturated rings. The average Bonchev–Trinajstić information content (AvgIpc) is 3.41. The van der Waals surface area contributed by atoms with Gasteiger partial charge in [0.2, 0.25) is 5.91 Å². The van der Waals surface area contributed by atoms with Crippen molar-refractivity contribution >= 4 is 18.0 Å². The van der Waals surface area contributed by atoms with Crippen LogP contribution in [0.15, 0.2) is 30.3 Å². The molecule has 0 aromatic heterocycles. The molecule has 1 aliphatic carbocycles. The Morgan fingerprint density at radius 1 is 1.16 bits per heavy atom. The maximum atomic E-state index is 12.3. The van der Waals surface area contributed by atoms with E-state index >= 15 is 0 Å². The predicted molar refractivity (Wildman–Crippen MR) is 90.6 cm³/mol. The minimum atomic E-state index is -0.642. The van der Waals surface area contributed by atoms with Crippen molar-refractivity contribution in [1.82, 2.24) is 10.2 Å². The highest BCUT2D eigenvalue weighted by Crippen LogP contribution is 2.18. The zero-order valence-corrected chi connectivity index (χ0v) is 14.4. The SMILES string of the molecule is CCOC(=O)CN(CCC(=O)NC1CC1)C(=O)OCc1ccccc1. The second-order valence-electron chi connectivity index (χ2n) is 5.86. The zero-order valence-electron chi connectivity index (χ0n) is 14.4. The van der Waals surface area contributed by atoms with Crippen molar-refractivity contribution in [3.8, 4) is 0 Å². The van der Waals surface area contributed by atoms with Crippen molar-refractivity contribution in [2.24, 2.45) is 0 Å². The van der Waals surface area contributed by atoms with Gasteiger partial charge in [0.15, 0.2) is 0 Å². The maximum Gasteiger partial charge on any atom is 0.410 e. The Kier molecular flexibility index (Phi) is 7.25. The molecular formula is C18H24N2O5. The fourth-order valence-electron chi connectivity index (χ4n) is 2.17. The number of amides is 2. The third-order valence-electron chi connectivity index (χ3n) is 3.64. The lowest BCUT2D eigenvalue weighted by molar-refractivity contribution is -0.144. The lowest BCUT2D eigenvalue weighted by atomic mass is 10.2. The van der Waals surface area contributed by atoms with E-state index in [0.717, 1.165) is 18.4 Å². The van der Waals surface area contributed by atoms with Crippen LogP contribution in [0.4, 0.5) is 4.79 Å². The van der Waals surface area contributed by atoms with E-state index in [9.17, 15) is 14.4 Å². The van der Waals surface area contributed by atoms with Crippen LogP contribution in [0.2, 0.25) is 0 Å². The minimum absolute atomic E-state index is 0.102. The molecule has 136 valence electrons. The number of esters is 1. The van der Waals surface area contributed by atoms with E-state index in [4.69, 9.17) is 9.47 Å². The molecule has 0 heterocycles. The standard InChI is InChI=1S/C18H24N2O5/c1-2-24-17(22)12-20(11-10-16(21)19-15-8-9-15)18(23)25-13-14-6-4-3-5-7-14/h3-7,15H,2,8-13H2,1H3,(H,19,21). The van der Waals surface area contributed by atoms with Gasteiger partial charge in [-0.1, -0.05) is 30.3 Å². The summed E-state index contributed by atoms with van der Waals surface area (Å²) in [4.78, 5) is 37.0. The summed E-state index contributed by atoms with van der Waals surface area (Å²) in [6.45, 7) is 1.89. The van der Waals surface area contributed by atoms with Crippen molar-refractivity contribution < 1.29 is 23.9 Å². The monoisotopic (exact) mass is 348 g/mol. The Labute approximate surface area is 147 Å². The van der Waals surface area contributed by atoms with E-state index in [1.54, 1.807) is 6.92 Å². The van der Waals surface area contributed by atoms with Crippen LogP contribution in [0.25, 0.3) is 0 Å². The average molecular weight is 348 g/mol. The van der Waals surface area contributed by atoms with E-state index < -0.39 is 12.1 Å². The van der Waals surface area contributed by atoms with Gasteiger partial charge in [0.1, 0.15) is 13.2 Å². The summed E-state index contributed by atoms with van der Waals surface area (Å²) in [5.41, 5.74) is 0.846. The largest absolute Gasteiger partial charge is 0.465 e. The summed E-state index contributed by atoms with van der Waals surface area (Å²) < 4.78 is 10.1. The molecule has 2 rings (SSSR count). The highest BCUT2D eigenvalue weighted by atomic mass is 16.6. The first kappa shape index (κ1) is 18.8. The lowest BCUT2D eigenvalue weighted by Gasteiger charge is -2.21. The smallest absolute Gasteiger partial charge is 0.410 e. The van der Waals surface area contributed by atoms with E-state index in [1.165, 1.54) is 4.90 Å². The molecule has 0 radical (unpaired) electrons. The van der Waals surface area contributed by atoms with Crippen LogP contribution in [0.1, 0.15) is 31.7 Å². The van der Waals surface area contributed by atoms with Crippen LogP contribution in [-0.2, 0) is 25.7 Å². The normalized spacial score (nSPS) is 13.0. The number of ether oxygens (including phenoxy) is 2. The second-order valence-corrected chi connectivity index (χ2v) is 5.86. The molecule has 0 atom stereocenters. The first-order valence-corrected chi connectivity index (χ1v) is 8.49. The first-order valence-electron chi connectivity index (χ1n) is 8.49. The lowest BCUT2D eigenvalue weighted by Crippen LogP contribution is -2.39. The number of carbonyl (C=O) groups excluding carboxylic acids is 3. The summed E-state index contributed by atoms with van der Waals surface area (Å²) in [7, 11) is 0. The summed E-state index contributed by atoms with van der Waals surface area (Å²) in [5, 5.41) is 2.85. The van der Waals surface area contributed by atoms with Gasteiger partial charge in [0.05, 0.1) is 6.61 Å². The molecule has 1 aromatic rings. The number of hydrogen-bond donors (Lipinski definition) is 1. The third kappa shape index (κ3) is 7.24. The molecular weight excluding hydrogens is 324 g/mol. The van der Waals surface area contributed by atoms with Crippen LogP contribution in [-0.4, -0.2) is 48.6 Å². The number of hydrogen-bond acceptors (Lipinski definition) is 5. The predicted octanol–water partition coefficient (Wildman–Crippen LogP) is 1.86. The number of nitrogens with zero attached hydrogens (tertiary/aromatic N) is 1. The van der Waals surface area contributed by atoms with Gasteiger partial charge in [-0.15, -0.1) is 0 Å². The fraction of sp³-hybridized carbons (Fsp3) is 0.500. The van der Waals surface area contributed by atoms with E-state index in [-0.39, 0.29) is 44.7 Å². The van der Waals surface area contributed by atoms with Gasteiger partial charge < -0.3 is 14.8 Å². The highest BCUT2D eigenvalue weighted by molar-refractivity contribution is 5.80. The molecule has 0 bridgehead atoms. The summed E-state index contributed by atoms with van der Waals surface area (Å²) >= 11 is 0. The Morgan fingerprint density at radius 3 is 2.52 bits per heavy atom. The molecule has 25 heavy (non-hydrogen) atoms. The fourth-order valence-corrected chi connectivity index (χ4v) is 2.17. The Bertz CT molecular complexity index is 586. The highest BCUT2D eigenvalue weighted by Gasteiger charge is 2.25. The number of rotatable bonds is 9. The summed E-state index contributed by atoms with van der Waals surface area (Å²) in [6, 6.07) is 9.51. The van der Waals surface area contributed by atoms with Crippen molar-refractivity contribution in [2.45, 2.75) is 38.8 Å². The second kappa shape index (κ2) is 9.66. The zero-order chi connectivity index (χ0) is 18.1. The van der Waals surface area contributed by atoms with E-state index in [0.29, 0.717) is 0 Å². The molecule has 7 nitrogen and oxygen atoms in total. The van der Waals surface area contributed by atoms with Crippen LogP contribution in [0.3, 0.4) is 0 Å². The Morgan fingerprint density at radius 2 is 1.88 bits per heavy atom. The Hall–Kier alpha value is -2.57. The van der Waals surface area contributed by atoms with Gasteiger partial charge in [-0.25, -0.2) is 4.79 Å². The van der Waals surface area contributed by atoms with Crippen LogP contribution >= 0.6 is 0 Å². The van der Waals surface area contributed by atoms with Crippen LogP contribution < -0.4 is 5.32 Å². The third-order valence-corrected chi connectivity index (χ3v) is 3.64. The van der Waals surface area contributed by atoms with Crippen molar-refractivity contribution in [1.29, 1.82) is 0 Å². The van der Waals surface area contributed by atoms with Gasteiger partial charge in [-0.3, -0.25) is 14.5 Å². The quantitative estimate of drug-likeness (QED) is 0.689. The first-order chi connectivity index (χ1) is 12.1. The molecule has 0 unspecified atom stereocenters. The summed E-state index contributed by atoms with van der Waals surface area (Å²) in [5.74, 6) is -0.658. The van der Waals surface area contributed by atoms with Gasteiger partial charge in [-0.2, -0.15) is 0 Å². The molecule has 1 aromatic carbocycles. The molecule has 2 amide bonds. The number of benzene rings is 1. The van der Waals surface area contributed by atoms with Crippen LogP contribution in [0.5, 0.6) is 0 Å². The van der Waals surface area contributed by atoms with E-state index in [1.807, 2.05) is 30.3 Å². The summed E-state index contributed by atoms with van der Waals surface area (Å²) in [6.07, 6.45) is 1.47. The van der Waals surface area contributed by atoms with Gasteiger partial charge in [0, 0.05) is 19.0 Å². The molecule has 1 aliphatic rings.